The molecule has 0 saturated heterocycles. The van der Waals surface area contributed by atoms with E-state index in [0.29, 0.717) is 5.13 Å². The summed E-state index contributed by atoms with van der Waals surface area (Å²) in [5.74, 6) is 1.81. The van der Waals surface area contributed by atoms with E-state index in [2.05, 4.69) is 20.2 Å². The first-order valence-corrected chi connectivity index (χ1v) is 11.9. The molecule has 4 saturated carbocycles. The Kier molecular flexibility index (Phi) is 4.15. The van der Waals surface area contributed by atoms with E-state index in [1.54, 1.807) is 0 Å². The minimum absolute atomic E-state index is 0.0830. The third kappa shape index (κ3) is 2.98. The molecule has 150 valence electrons. The minimum Gasteiger partial charge on any atom is -0.438 e. The zero-order chi connectivity index (χ0) is 19.5. The number of hydrogen-bond acceptors (Lipinski definition) is 7. The number of nitrogens with one attached hydrogen (secondary N) is 2. The summed E-state index contributed by atoms with van der Waals surface area (Å²) < 4.78 is 30.8. The van der Waals surface area contributed by atoms with Crippen LogP contribution in [-0.4, -0.2) is 31.6 Å². The van der Waals surface area contributed by atoms with Crippen molar-refractivity contribution in [3.8, 4) is 0 Å². The van der Waals surface area contributed by atoms with Crippen LogP contribution in [0.3, 0.4) is 0 Å². The maximum Gasteiger partial charge on any atom is 0.293 e. The van der Waals surface area contributed by atoms with E-state index in [0.717, 1.165) is 22.8 Å². The molecule has 0 atom stereocenters. The second kappa shape index (κ2) is 6.36. The molecule has 10 heteroatoms. The molecule has 0 radical (unpaired) electrons. The van der Waals surface area contributed by atoms with Gasteiger partial charge in [-0.05, 0) is 75.5 Å². The van der Waals surface area contributed by atoms with E-state index in [9.17, 15) is 13.2 Å². The Bertz CT molecular complexity index is 991. The number of furan rings is 1. The fourth-order valence-corrected chi connectivity index (χ4v) is 7.31. The number of hydrogen-bond donors (Lipinski definition) is 2. The molecule has 4 aliphatic rings. The Labute approximate surface area is 167 Å². The fraction of sp³-hybridized carbons (Fsp3) is 0.611. The zero-order valence-electron chi connectivity index (χ0n) is 15.5. The van der Waals surface area contributed by atoms with Crippen LogP contribution < -0.4 is 10.0 Å². The summed E-state index contributed by atoms with van der Waals surface area (Å²) in [6.45, 7) is 0. The molecule has 2 heterocycles. The van der Waals surface area contributed by atoms with Gasteiger partial charge in [-0.1, -0.05) is 11.3 Å². The Balaban J connectivity index is 1.33. The molecule has 4 fully saturated rings. The number of carbonyl (C=O) groups excluding carboxylic acids is 1. The van der Waals surface area contributed by atoms with Crippen molar-refractivity contribution in [2.24, 2.45) is 17.8 Å². The second-order valence-electron chi connectivity index (χ2n) is 8.39. The molecule has 2 aromatic rings. The van der Waals surface area contributed by atoms with Gasteiger partial charge in [-0.3, -0.25) is 10.1 Å². The number of rotatable bonds is 5. The van der Waals surface area contributed by atoms with E-state index in [-0.39, 0.29) is 16.3 Å². The fourth-order valence-electron chi connectivity index (χ4n) is 5.71. The maximum atomic E-state index is 12.4. The highest BCUT2D eigenvalue weighted by Gasteiger charge is 2.53. The van der Waals surface area contributed by atoms with Gasteiger partial charge in [0.1, 0.15) is 5.01 Å². The molecule has 8 nitrogen and oxygen atoms in total. The number of amides is 1. The zero-order valence-corrected chi connectivity index (χ0v) is 17.1. The van der Waals surface area contributed by atoms with Gasteiger partial charge in [-0.15, -0.1) is 10.2 Å². The Hall–Kier alpha value is -1.78. The third-order valence-corrected chi connectivity index (χ3v) is 8.85. The van der Waals surface area contributed by atoms with Gasteiger partial charge in [-0.2, -0.15) is 0 Å². The molecule has 0 aromatic carbocycles. The van der Waals surface area contributed by atoms with E-state index < -0.39 is 15.9 Å². The van der Waals surface area contributed by atoms with E-state index in [4.69, 9.17) is 4.42 Å². The first-order chi connectivity index (χ1) is 13.4. The maximum absolute atomic E-state index is 12.4. The topological polar surface area (TPSA) is 114 Å². The monoisotopic (exact) mass is 422 g/mol. The first kappa shape index (κ1) is 18.3. The number of carbonyl (C=O) groups is 1. The van der Waals surface area contributed by atoms with Gasteiger partial charge >= 0.3 is 0 Å². The lowest BCUT2D eigenvalue weighted by atomic mass is 9.50. The molecular formula is C18H22N4O4S2. The van der Waals surface area contributed by atoms with Crippen molar-refractivity contribution < 1.29 is 17.6 Å². The predicted molar refractivity (Wildman–Crippen MR) is 103 cm³/mol. The Morgan fingerprint density at radius 3 is 2.39 bits per heavy atom. The summed E-state index contributed by atoms with van der Waals surface area (Å²) in [7, 11) is -2.45. The highest BCUT2D eigenvalue weighted by molar-refractivity contribution is 7.89. The smallest absolute Gasteiger partial charge is 0.293 e. The molecule has 0 spiro atoms. The quantitative estimate of drug-likeness (QED) is 0.766. The van der Waals surface area contributed by atoms with Crippen LogP contribution in [0.5, 0.6) is 0 Å². The van der Waals surface area contributed by atoms with Gasteiger partial charge in [0.15, 0.2) is 5.76 Å². The van der Waals surface area contributed by atoms with Gasteiger partial charge < -0.3 is 4.42 Å². The van der Waals surface area contributed by atoms with E-state index >= 15 is 0 Å². The summed E-state index contributed by atoms with van der Waals surface area (Å²) in [6, 6.07) is 2.59. The first-order valence-electron chi connectivity index (χ1n) is 9.55. The summed E-state index contributed by atoms with van der Waals surface area (Å²) in [5.41, 5.74) is 0.133. The van der Waals surface area contributed by atoms with Gasteiger partial charge in [-0.25, -0.2) is 13.1 Å². The summed E-state index contributed by atoms with van der Waals surface area (Å²) >= 11 is 1.43. The van der Waals surface area contributed by atoms with Crippen molar-refractivity contribution in [1.82, 2.24) is 14.9 Å². The molecule has 0 aliphatic heterocycles. The van der Waals surface area contributed by atoms with E-state index in [1.165, 1.54) is 69.0 Å². The van der Waals surface area contributed by atoms with Crippen LogP contribution in [0.25, 0.3) is 0 Å². The van der Waals surface area contributed by atoms with Crippen LogP contribution >= 0.6 is 11.3 Å². The Morgan fingerprint density at radius 1 is 1.14 bits per heavy atom. The molecule has 2 aromatic heterocycles. The summed E-state index contributed by atoms with van der Waals surface area (Å²) in [5, 5.41) is 12.4. The summed E-state index contributed by atoms with van der Waals surface area (Å²) in [6.07, 6.45) is 7.63. The lowest BCUT2D eigenvalue weighted by Gasteiger charge is -2.55. The van der Waals surface area contributed by atoms with Crippen LogP contribution in [-0.2, 0) is 15.4 Å². The molecule has 4 aliphatic carbocycles. The summed E-state index contributed by atoms with van der Waals surface area (Å²) in [4.78, 5) is 12.4. The van der Waals surface area contributed by atoms with Crippen LogP contribution in [0.15, 0.2) is 21.6 Å². The normalized spacial score (nSPS) is 31.2. The molecule has 6 rings (SSSR count). The van der Waals surface area contributed by atoms with Gasteiger partial charge in [0.25, 0.3) is 15.9 Å². The van der Waals surface area contributed by atoms with Crippen LogP contribution in [0.4, 0.5) is 5.13 Å². The average Bonchev–Trinajstić information content (AvgIpc) is 3.31. The van der Waals surface area contributed by atoms with Gasteiger partial charge in [0.2, 0.25) is 10.2 Å². The van der Waals surface area contributed by atoms with Crippen molar-refractivity contribution in [3.05, 3.63) is 22.9 Å². The van der Waals surface area contributed by atoms with Crippen LogP contribution in [0, 0.1) is 17.8 Å². The lowest BCUT2D eigenvalue weighted by molar-refractivity contribution is -0.00555. The minimum atomic E-state index is -3.73. The molecular weight excluding hydrogens is 400 g/mol. The number of nitrogens with zero attached hydrogens (tertiary/aromatic N) is 2. The van der Waals surface area contributed by atoms with Gasteiger partial charge in [0, 0.05) is 5.41 Å². The standard InChI is InChI=1S/C18H22N4O4S2/c1-19-28(24,25)14-3-2-13(26-14)15(23)20-17-22-21-16(27-17)18-7-10-4-11(8-18)6-12(5-10)9-18/h2-3,10-12,19H,4-9H2,1H3,(H,20,22,23). The van der Waals surface area contributed by atoms with Gasteiger partial charge in [0.05, 0.1) is 0 Å². The predicted octanol–water partition coefficient (Wildman–Crippen LogP) is 2.76. The highest BCUT2D eigenvalue weighted by atomic mass is 32.2. The number of aromatic nitrogens is 2. The van der Waals surface area contributed by atoms with Crippen molar-refractivity contribution in [3.63, 3.8) is 0 Å². The Morgan fingerprint density at radius 2 is 1.79 bits per heavy atom. The molecule has 1 amide bonds. The van der Waals surface area contributed by atoms with Crippen molar-refractivity contribution in [2.45, 2.75) is 49.0 Å². The molecule has 4 bridgehead atoms. The average molecular weight is 423 g/mol. The molecule has 28 heavy (non-hydrogen) atoms. The number of sulfonamides is 1. The van der Waals surface area contributed by atoms with Crippen LogP contribution in [0.2, 0.25) is 0 Å². The SMILES string of the molecule is CNS(=O)(=O)c1ccc(C(=O)Nc2nnc(C34CC5CC(CC(C5)C3)C4)s2)o1. The van der Waals surface area contributed by atoms with E-state index in [1.807, 2.05) is 0 Å². The number of anilines is 1. The molecule has 2 N–H and O–H groups in total. The lowest BCUT2D eigenvalue weighted by Crippen LogP contribution is -2.48. The van der Waals surface area contributed by atoms with Crippen molar-refractivity contribution in [1.29, 1.82) is 0 Å². The van der Waals surface area contributed by atoms with Crippen molar-refractivity contribution in [2.75, 3.05) is 12.4 Å². The van der Waals surface area contributed by atoms with Crippen molar-refractivity contribution >= 4 is 32.4 Å². The molecule has 0 unspecified atom stereocenters. The largest absolute Gasteiger partial charge is 0.438 e. The third-order valence-electron chi connectivity index (χ3n) is 6.48. The highest BCUT2D eigenvalue weighted by Crippen LogP contribution is 2.61. The van der Waals surface area contributed by atoms with Crippen LogP contribution in [0.1, 0.15) is 54.1 Å². The second-order valence-corrected chi connectivity index (χ2v) is 11.2.